The number of thioether (sulfide) groups is 1. The monoisotopic (exact) mass is 560 g/mol. The van der Waals surface area contributed by atoms with Crippen LogP contribution in [0.25, 0.3) is 11.1 Å². The molecule has 0 bridgehead atoms. The summed E-state index contributed by atoms with van der Waals surface area (Å²) in [7, 11) is 3.06. The molecule has 192 valence electrons. The van der Waals surface area contributed by atoms with Gasteiger partial charge in [-0.2, -0.15) is 0 Å². The smallest absolute Gasteiger partial charge is 0.341 e. The minimum atomic E-state index is -0.553. The Morgan fingerprint density at radius 3 is 2.54 bits per heavy atom. The van der Waals surface area contributed by atoms with Gasteiger partial charge in [-0.25, -0.2) is 9.18 Å². The van der Waals surface area contributed by atoms with Gasteiger partial charge in [0, 0.05) is 23.0 Å². The van der Waals surface area contributed by atoms with E-state index in [0.29, 0.717) is 32.3 Å². The third-order valence-electron chi connectivity index (χ3n) is 5.28. The van der Waals surface area contributed by atoms with Crippen LogP contribution >= 0.6 is 34.7 Å². The number of benzene rings is 2. The highest BCUT2D eigenvalue weighted by Gasteiger charge is 2.23. The highest BCUT2D eigenvalue weighted by molar-refractivity contribution is 7.99. The number of nitrogens with zero attached hydrogens (tertiary/aromatic N) is 3. The van der Waals surface area contributed by atoms with Gasteiger partial charge in [-0.05, 0) is 48.9 Å². The molecule has 37 heavy (non-hydrogen) atoms. The zero-order chi connectivity index (χ0) is 26.5. The molecule has 0 fully saturated rings. The van der Waals surface area contributed by atoms with Crippen LogP contribution in [0, 0.1) is 5.82 Å². The average Bonchev–Trinajstić information content (AvgIpc) is 3.47. The SMILES string of the molecule is COC(=O)c1c(-c2ccc(Cl)cc2)csc1NC(=O)CSc1nnc(C(C)Oc2ccc(F)cc2)n1C. The maximum absolute atomic E-state index is 13.1. The number of hydrogen-bond donors (Lipinski definition) is 1. The van der Waals surface area contributed by atoms with Crippen molar-refractivity contribution >= 4 is 51.6 Å². The third kappa shape index (κ3) is 6.30. The van der Waals surface area contributed by atoms with Crippen molar-refractivity contribution in [2.45, 2.75) is 18.2 Å². The van der Waals surface area contributed by atoms with E-state index >= 15 is 0 Å². The molecule has 1 amide bonds. The van der Waals surface area contributed by atoms with Gasteiger partial charge < -0.3 is 19.4 Å². The summed E-state index contributed by atoms with van der Waals surface area (Å²) in [5.41, 5.74) is 1.70. The first-order chi connectivity index (χ1) is 17.8. The van der Waals surface area contributed by atoms with Gasteiger partial charge in [0.25, 0.3) is 0 Å². The fourth-order valence-corrected chi connectivity index (χ4v) is 5.28. The normalized spacial score (nSPS) is 11.7. The van der Waals surface area contributed by atoms with Crippen LogP contribution in [0.5, 0.6) is 5.75 Å². The van der Waals surface area contributed by atoms with Gasteiger partial charge in [-0.15, -0.1) is 21.5 Å². The molecule has 2 heterocycles. The predicted octanol–water partition coefficient (Wildman–Crippen LogP) is 5.99. The molecule has 1 unspecified atom stereocenters. The number of rotatable bonds is 9. The summed E-state index contributed by atoms with van der Waals surface area (Å²) in [4.78, 5) is 25.3. The van der Waals surface area contributed by atoms with E-state index in [4.69, 9.17) is 21.1 Å². The van der Waals surface area contributed by atoms with E-state index in [1.807, 2.05) is 0 Å². The van der Waals surface area contributed by atoms with Crippen LogP contribution in [0.1, 0.15) is 29.2 Å². The molecular weight excluding hydrogens is 539 g/mol. The number of amides is 1. The number of thiophene rings is 1. The lowest BCUT2D eigenvalue weighted by molar-refractivity contribution is -0.113. The summed E-state index contributed by atoms with van der Waals surface area (Å²) in [5.74, 6) is -0.138. The van der Waals surface area contributed by atoms with E-state index in [0.717, 1.165) is 5.56 Å². The van der Waals surface area contributed by atoms with E-state index < -0.39 is 12.1 Å². The molecule has 12 heteroatoms. The predicted molar refractivity (Wildman–Crippen MR) is 142 cm³/mol. The molecule has 0 radical (unpaired) electrons. The summed E-state index contributed by atoms with van der Waals surface area (Å²) in [6.07, 6.45) is -0.453. The van der Waals surface area contributed by atoms with E-state index in [2.05, 4.69) is 15.5 Å². The zero-order valence-electron chi connectivity index (χ0n) is 20.0. The molecule has 0 aliphatic rings. The van der Waals surface area contributed by atoms with Crippen LogP contribution in [0.2, 0.25) is 5.02 Å². The van der Waals surface area contributed by atoms with Crippen LogP contribution in [0.3, 0.4) is 0 Å². The quantitative estimate of drug-likeness (QED) is 0.198. The Balaban J connectivity index is 1.42. The number of carbonyl (C=O) groups excluding carboxylic acids is 2. The van der Waals surface area contributed by atoms with Gasteiger partial charge in [0.05, 0.1) is 12.9 Å². The number of aromatic nitrogens is 3. The largest absolute Gasteiger partial charge is 0.483 e. The van der Waals surface area contributed by atoms with Gasteiger partial charge in [0.15, 0.2) is 17.1 Å². The molecule has 2 aromatic carbocycles. The highest BCUT2D eigenvalue weighted by atomic mass is 35.5. The maximum atomic E-state index is 13.1. The Hall–Kier alpha value is -3.41. The standard InChI is InChI=1S/C25H22ClFN4O4S2/c1-14(35-18-10-8-17(27)9-11-18)22-29-30-25(31(22)2)37-13-20(32)28-23-21(24(33)34-3)19(12-36-23)15-4-6-16(26)7-5-15/h4-12,14H,13H2,1-3H3,(H,28,32). The molecule has 4 aromatic rings. The van der Waals surface area contributed by atoms with Gasteiger partial charge in [-0.3, -0.25) is 4.79 Å². The van der Waals surface area contributed by atoms with Crippen LogP contribution < -0.4 is 10.1 Å². The summed E-state index contributed by atoms with van der Waals surface area (Å²) in [6, 6.07) is 12.7. The fourth-order valence-electron chi connectivity index (χ4n) is 3.47. The topological polar surface area (TPSA) is 95.3 Å². The first-order valence-electron chi connectivity index (χ1n) is 11.0. The number of esters is 1. The van der Waals surface area contributed by atoms with Crippen LogP contribution in [-0.2, 0) is 16.6 Å². The molecule has 1 atom stereocenters. The molecule has 0 saturated carbocycles. The van der Waals surface area contributed by atoms with Crippen molar-refractivity contribution in [3.63, 3.8) is 0 Å². The number of ether oxygens (including phenoxy) is 2. The van der Waals surface area contributed by atoms with Crippen molar-refractivity contribution in [1.82, 2.24) is 14.8 Å². The summed E-state index contributed by atoms with van der Waals surface area (Å²) in [6.45, 7) is 1.80. The first-order valence-corrected chi connectivity index (χ1v) is 13.2. The Morgan fingerprint density at radius 1 is 1.16 bits per heavy atom. The Kier molecular flexibility index (Phi) is 8.47. The number of halogens is 2. The number of nitrogens with one attached hydrogen (secondary N) is 1. The molecule has 0 saturated heterocycles. The maximum Gasteiger partial charge on any atom is 0.341 e. The van der Waals surface area contributed by atoms with Crippen molar-refractivity contribution in [2.24, 2.45) is 7.05 Å². The molecule has 1 N–H and O–H groups in total. The van der Waals surface area contributed by atoms with E-state index in [1.165, 1.54) is 54.5 Å². The molecule has 2 aromatic heterocycles. The highest BCUT2D eigenvalue weighted by Crippen LogP contribution is 2.37. The van der Waals surface area contributed by atoms with Gasteiger partial charge in [-0.1, -0.05) is 35.5 Å². The number of methoxy groups -OCH3 is 1. The van der Waals surface area contributed by atoms with Crippen LogP contribution in [0.15, 0.2) is 59.1 Å². The van der Waals surface area contributed by atoms with Crippen molar-refractivity contribution < 1.29 is 23.5 Å². The molecule has 8 nitrogen and oxygen atoms in total. The van der Waals surface area contributed by atoms with E-state index in [-0.39, 0.29) is 23.0 Å². The number of anilines is 1. The van der Waals surface area contributed by atoms with Gasteiger partial charge in [0.1, 0.15) is 22.1 Å². The Morgan fingerprint density at radius 2 is 1.86 bits per heavy atom. The van der Waals surface area contributed by atoms with Crippen LogP contribution in [0.4, 0.5) is 9.39 Å². The lowest BCUT2D eigenvalue weighted by Crippen LogP contribution is -2.16. The first kappa shape index (κ1) is 26.6. The van der Waals surface area contributed by atoms with Crippen molar-refractivity contribution in [3.05, 3.63) is 76.1 Å². The van der Waals surface area contributed by atoms with Gasteiger partial charge >= 0.3 is 5.97 Å². The molecule has 0 spiro atoms. The van der Waals surface area contributed by atoms with Crippen molar-refractivity contribution in [1.29, 1.82) is 0 Å². The van der Waals surface area contributed by atoms with E-state index in [1.54, 1.807) is 48.2 Å². The summed E-state index contributed by atoms with van der Waals surface area (Å²) >= 11 is 8.41. The van der Waals surface area contributed by atoms with Gasteiger partial charge in [0.2, 0.25) is 5.91 Å². The summed E-state index contributed by atoms with van der Waals surface area (Å²) < 4.78 is 25.6. The fraction of sp³-hybridized carbons (Fsp3) is 0.200. The molecule has 4 rings (SSSR count). The summed E-state index contributed by atoms with van der Waals surface area (Å²) in [5, 5.41) is 14.4. The number of carbonyl (C=O) groups is 2. The second-order valence-corrected chi connectivity index (χ2v) is 10.1. The van der Waals surface area contributed by atoms with Crippen LogP contribution in [-0.4, -0.2) is 39.5 Å². The molecule has 0 aliphatic heterocycles. The zero-order valence-corrected chi connectivity index (χ0v) is 22.4. The molecule has 0 aliphatic carbocycles. The minimum absolute atomic E-state index is 0.0357. The lowest BCUT2D eigenvalue weighted by Gasteiger charge is -2.14. The average molecular weight is 561 g/mol. The second kappa shape index (κ2) is 11.8. The third-order valence-corrected chi connectivity index (χ3v) is 7.45. The second-order valence-electron chi connectivity index (χ2n) is 7.80. The van der Waals surface area contributed by atoms with Crippen molar-refractivity contribution in [2.75, 3.05) is 18.2 Å². The Bertz CT molecular complexity index is 1410. The minimum Gasteiger partial charge on any atom is -0.483 e. The Labute approximate surface area is 225 Å². The molecular formula is C25H22ClFN4O4S2. The van der Waals surface area contributed by atoms with Crippen molar-refractivity contribution in [3.8, 4) is 16.9 Å². The number of hydrogen-bond acceptors (Lipinski definition) is 8. The van der Waals surface area contributed by atoms with E-state index in [9.17, 15) is 14.0 Å². The lowest BCUT2D eigenvalue weighted by atomic mass is 10.0.